The number of likely N-dealkylation sites (tertiary alicyclic amines) is 1. The van der Waals surface area contributed by atoms with Gasteiger partial charge in [-0.05, 0) is 37.0 Å². The van der Waals surface area contributed by atoms with E-state index < -0.39 is 6.10 Å². The predicted octanol–water partition coefficient (Wildman–Crippen LogP) is 1.84. The number of hydrogen-bond acceptors (Lipinski definition) is 5. The maximum absolute atomic E-state index is 13.0. The average Bonchev–Trinajstić information content (AvgIpc) is 3.32. The number of hydrogen-bond donors (Lipinski definition) is 1. The number of carbonyl (C=O) groups excluding carboxylic acids is 1. The van der Waals surface area contributed by atoms with Crippen molar-refractivity contribution in [3.8, 4) is 0 Å². The van der Waals surface area contributed by atoms with Gasteiger partial charge in [0.2, 0.25) is 5.82 Å². The van der Waals surface area contributed by atoms with Crippen molar-refractivity contribution < 1.29 is 9.90 Å². The Morgan fingerprint density at radius 1 is 1.14 bits per heavy atom. The Balaban J connectivity index is 1.35. The zero-order valence-corrected chi connectivity index (χ0v) is 15.7. The molecule has 28 heavy (non-hydrogen) atoms. The van der Waals surface area contributed by atoms with Crippen molar-refractivity contribution in [2.75, 3.05) is 13.1 Å². The van der Waals surface area contributed by atoms with Crippen LogP contribution < -0.4 is 0 Å². The number of benzene rings is 1. The zero-order chi connectivity index (χ0) is 19.1. The van der Waals surface area contributed by atoms with E-state index >= 15 is 0 Å². The van der Waals surface area contributed by atoms with Crippen LogP contribution in [-0.2, 0) is 19.4 Å². The molecule has 144 valence electrons. The van der Waals surface area contributed by atoms with Crippen LogP contribution in [0.4, 0.5) is 0 Å². The molecule has 0 spiro atoms. The van der Waals surface area contributed by atoms with Crippen LogP contribution in [0.5, 0.6) is 0 Å². The zero-order valence-electron chi connectivity index (χ0n) is 15.7. The number of aliphatic hydroxyl groups excluding tert-OH is 1. The second kappa shape index (κ2) is 6.98. The molecule has 2 aliphatic rings. The fourth-order valence-corrected chi connectivity index (χ4v) is 4.44. The van der Waals surface area contributed by atoms with Crippen LogP contribution in [0.3, 0.4) is 0 Å². The number of aromatic nitrogens is 4. The van der Waals surface area contributed by atoms with Crippen LogP contribution in [0, 0.1) is 5.92 Å². The van der Waals surface area contributed by atoms with E-state index in [0.717, 1.165) is 48.1 Å². The Hall–Kier alpha value is -2.80. The minimum absolute atomic E-state index is 0.00139. The normalized spacial score (nSPS) is 21.8. The Bertz CT molecular complexity index is 1030. The minimum atomic E-state index is -0.542. The molecule has 1 saturated heterocycles. The van der Waals surface area contributed by atoms with Crippen molar-refractivity contribution in [1.82, 2.24) is 24.6 Å². The first-order valence-corrected chi connectivity index (χ1v) is 9.93. The summed E-state index contributed by atoms with van der Waals surface area (Å²) in [6, 6.07) is 10.0. The third kappa shape index (κ3) is 2.96. The third-order valence-corrected chi connectivity index (χ3v) is 5.97. The number of nitrogens with zero attached hydrogens (tertiary/aromatic N) is 5. The summed E-state index contributed by atoms with van der Waals surface area (Å²) >= 11 is 0. The monoisotopic (exact) mass is 377 g/mol. The smallest absolute Gasteiger partial charge is 0.291 e. The van der Waals surface area contributed by atoms with E-state index in [4.69, 9.17) is 0 Å². The number of pyridine rings is 1. The van der Waals surface area contributed by atoms with Crippen molar-refractivity contribution >= 4 is 16.8 Å². The van der Waals surface area contributed by atoms with Crippen LogP contribution in [0.25, 0.3) is 10.9 Å². The van der Waals surface area contributed by atoms with Crippen molar-refractivity contribution in [3.05, 3.63) is 53.7 Å². The number of aryl methyl sites for hydroxylation is 1. The van der Waals surface area contributed by atoms with Gasteiger partial charge in [0.1, 0.15) is 5.82 Å². The lowest BCUT2D eigenvalue weighted by atomic mass is 9.94. The molecule has 0 radical (unpaired) electrons. The highest BCUT2D eigenvalue weighted by molar-refractivity contribution is 5.91. The highest BCUT2D eigenvalue weighted by Crippen LogP contribution is 2.26. The number of rotatable bonds is 3. The fraction of sp³-hybridized carbons (Fsp3) is 0.429. The second-order valence-electron chi connectivity index (χ2n) is 7.78. The van der Waals surface area contributed by atoms with E-state index in [2.05, 4.69) is 21.2 Å². The van der Waals surface area contributed by atoms with Crippen LogP contribution in [0.15, 0.2) is 36.5 Å². The number of para-hydroxylation sites is 1. The average molecular weight is 377 g/mol. The summed E-state index contributed by atoms with van der Waals surface area (Å²) in [6.07, 6.45) is 5.00. The Morgan fingerprint density at radius 3 is 2.96 bits per heavy atom. The molecule has 1 N–H and O–H groups in total. The topological polar surface area (TPSA) is 84.1 Å². The van der Waals surface area contributed by atoms with E-state index in [-0.39, 0.29) is 11.8 Å². The number of carbonyl (C=O) groups is 1. The van der Waals surface area contributed by atoms with E-state index in [1.165, 1.54) is 0 Å². The van der Waals surface area contributed by atoms with Gasteiger partial charge in [0.25, 0.3) is 5.91 Å². The number of aliphatic hydroxyl groups is 1. The molecule has 1 aromatic carbocycles. The van der Waals surface area contributed by atoms with Gasteiger partial charge in [0.05, 0.1) is 11.6 Å². The van der Waals surface area contributed by atoms with Gasteiger partial charge < -0.3 is 14.6 Å². The van der Waals surface area contributed by atoms with Gasteiger partial charge in [-0.1, -0.05) is 18.2 Å². The lowest BCUT2D eigenvalue weighted by molar-refractivity contribution is 0.0746. The molecule has 5 rings (SSSR count). The molecule has 2 aliphatic heterocycles. The highest BCUT2D eigenvalue weighted by atomic mass is 16.3. The molecule has 0 bridgehead atoms. The maximum Gasteiger partial charge on any atom is 0.291 e. The van der Waals surface area contributed by atoms with Gasteiger partial charge in [-0.25, -0.2) is 0 Å². The van der Waals surface area contributed by atoms with Crippen molar-refractivity contribution in [1.29, 1.82) is 0 Å². The molecule has 7 nitrogen and oxygen atoms in total. The molecule has 1 amide bonds. The SMILES string of the molecule is O=C(c1nnc2n1CCCC2)N1C[C@@H](Cc2ccnc3ccccc23)[C@H](O)C1. The van der Waals surface area contributed by atoms with Gasteiger partial charge in [0, 0.05) is 43.6 Å². The largest absolute Gasteiger partial charge is 0.391 e. The molecule has 0 saturated carbocycles. The Morgan fingerprint density at radius 2 is 2.04 bits per heavy atom. The van der Waals surface area contributed by atoms with E-state index in [9.17, 15) is 9.90 Å². The molecule has 3 aromatic rings. The van der Waals surface area contributed by atoms with Crippen LogP contribution in [-0.4, -0.2) is 54.9 Å². The van der Waals surface area contributed by atoms with Crippen LogP contribution >= 0.6 is 0 Å². The van der Waals surface area contributed by atoms with E-state index in [1.54, 1.807) is 4.90 Å². The molecule has 4 heterocycles. The molecule has 2 aromatic heterocycles. The predicted molar refractivity (Wildman–Crippen MR) is 104 cm³/mol. The fourth-order valence-electron chi connectivity index (χ4n) is 4.44. The Kier molecular flexibility index (Phi) is 4.31. The van der Waals surface area contributed by atoms with Crippen molar-refractivity contribution in [3.63, 3.8) is 0 Å². The van der Waals surface area contributed by atoms with Crippen LogP contribution in [0.2, 0.25) is 0 Å². The molecule has 1 fully saturated rings. The Labute approximate surface area is 163 Å². The maximum atomic E-state index is 13.0. The van der Waals surface area contributed by atoms with Gasteiger partial charge in [-0.3, -0.25) is 9.78 Å². The molecular weight excluding hydrogens is 354 g/mol. The molecule has 0 unspecified atom stereocenters. The van der Waals surface area contributed by atoms with Crippen LogP contribution in [0.1, 0.15) is 34.8 Å². The van der Waals surface area contributed by atoms with E-state index in [0.29, 0.717) is 25.3 Å². The summed E-state index contributed by atoms with van der Waals surface area (Å²) in [5.74, 6) is 1.19. The van der Waals surface area contributed by atoms with Gasteiger partial charge in [-0.2, -0.15) is 0 Å². The lowest BCUT2D eigenvalue weighted by Gasteiger charge is -2.18. The molecular formula is C21H23N5O2. The summed E-state index contributed by atoms with van der Waals surface area (Å²) in [7, 11) is 0. The number of fused-ring (bicyclic) bond motifs is 2. The molecule has 7 heteroatoms. The lowest BCUT2D eigenvalue weighted by Crippen LogP contribution is -2.32. The summed E-state index contributed by atoms with van der Waals surface area (Å²) in [5.41, 5.74) is 2.11. The summed E-state index contributed by atoms with van der Waals surface area (Å²) < 4.78 is 1.95. The molecule has 2 atom stereocenters. The van der Waals surface area contributed by atoms with Gasteiger partial charge >= 0.3 is 0 Å². The van der Waals surface area contributed by atoms with E-state index in [1.807, 2.05) is 35.0 Å². The summed E-state index contributed by atoms with van der Waals surface area (Å²) in [5, 5.41) is 20.1. The standard InChI is InChI=1S/C21H23N5O2/c27-18-13-25(21(28)20-24-23-19-7-3-4-10-26(19)20)12-15(18)11-14-8-9-22-17-6-2-1-5-16(14)17/h1-2,5-6,8-9,15,18,27H,3-4,7,10-13H2/t15-,18-/m1/s1. The summed E-state index contributed by atoms with van der Waals surface area (Å²) in [4.78, 5) is 19.2. The second-order valence-corrected chi connectivity index (χ2v) is 7.78. The molecule has 0 aliphatic carbocycles. The summed E-state index contributed by atoms with van der Waals surface area (Å²) in [6.45, 7) is 1.67. The van der Waals surface area contributed by atoms with Crippen molar-refractivity contribution in [2.45, 2.75) is 38.3 Å². The highest BCUT2D eigenvalue weighted by Gasteiger charge is 2.36. The minimum Gasteiger partial charge on any atom is -0.391 e. The van der Waals surface area contributed by atoms with Gasteiger partial charge in [0.15, 0.2) is 0 Å². The quantitative estimate of drug-likeness (QED) is 0.753. The first-order chi connectivity index (χ1) is 13.7. The first kappa shape index (κ1) is 17.3. The third-order valence-electron chi connectivity index (χ3n) is 5.97. The van der Waals surface area contributed by atoms with Crippen molar-refractivity contribution in [2.24, 2.45) is 5.92 Å². The number of amides is 1. The first-order valence-electron chi connectivity index (χ1n) is 9.93. The van der Waals surface area contributed by atoms with Gasteiger partial charge in [-0.15, -0.1) is 10.2 Å². The number of β-amino-alcohol motifs (C(OH)–C–C–N with tert-alkyl or cyclic N) is 1.